The van der Waals surface area contributed by atoms with E-state index >= 15 is 0 Å². The first kappa shape index (κ1) is 7.75. The number of rotatable bonds is 1. The topological polar surface area (TPSA) is 17.8 Å². The van der Waals surface area contributed by atoms with Crippen molar-refractivity contribution in [2.45, 2.75) is 6.92 Å². The summed E-state index contributed by atoms with van der Waals surface area (Å²) >= 11 is 6.66. The molecule has 0 aromatic carbocycles. The molecule has 0 N–H and O–H groups in total. The smallest absolute Gasteiger partial charge is 0.161 e. The van der Waals surface area contributed by atoms with Crippen LogP contribution < -0.4 is 0 Å². The van der Waals surface area contributed by atoms with Gasteiger partial charge in [0.2, 0.25) is 0 Å². The molecule has 0 aliphatic rings. The number of thioether (sulfide) groups is 1. The second kappa shape index (κ2) is 3.73. The average molecular weight is 172 g/mol. The van der Waals surface area contributed by atoms with Crippen LogP contribution in [0.5, 0.6) is 0 Å². The van der Waals surface area contributed by atoms with Gasteiger partial charge in [-0.3, -0.25) is 0 Å². The van der Waals surface area contributed by atoms with Gasteiger partial charge in [0.05, 0.1) is 0 Å². The van der Waals surface area contributed by atoms with E-state index in [1.165, 1.54) is 0 Å². The SMILES string of the molecule is CCSC(=S)n1cccn1. The predicted molar refractivity (Wildman–Crippen MR) is 48.4 cm³/mol. The van der Waals surface area contributed by atoms with Gasteiger partial charge in [-0.2, -0.15) is 5.10 Å². The second-order valence-corrected chi connectivity index (χ2v) is 3.55. The lowest BCUT2D eigenvalue weighted by Crippen LogP contribution is -2.04. The molecule has 0 amide bonds. The fourth-order valence-corrected chi connectivity index (χ4v) is 1.52. The Balaban J connectivity index is 2.59. The minimum absolute atomic E-state index is 0.813. The van der Waals surface area contributed by atoms with Crippen LogP contribution in [0, 0.1) is 0 Å². The zero-order valence-electron chi connectivity index (χ0n) is 5.65. The van der Waals surface area contributed by atoms with E-state index in [4.69, 9.17) is 12.2 Å². The maximum absolute atomic E-state index is 5.04. The molecule has 0 bridgehead atoms. The predicted octanol–water partition coefficient (Wildman–Crippen LogP) is 1.77. The molecule has 0 saturated carbocycles. The number of hydrogen-bond acceptors (Lipinski definition) is 3. The van der Waals surface area contributed by atoms with Gasteiger partial charge in [-0.15, -0.1) is 0 Å². The minimum Gasteiger partial charge on any atom is -0.224 e. The fraction of sp³-hybridized carbons (Fsp3) is 0.333. The Hall–Kier alpha value is -0.350. The Bertz CT molecular complexity index is 206. The first-order chi connectivity index (χ1) is 4.84. The molecule has 0 spiro atoms. The summed E-state index contributed by atoms with van der Waals surface area (Å²) in [6, 6.07) is 1.86. The van der Waals surface area contributed by atoms with Crippen molar-refractivity contribution in [3.63, 3.8) is 0 Å². The highest BCUT2D eigenvalue weighted by atomic mass is 32.2. The lowest BCUT2D eigenvalue weighted by atomic mass is 10.8. The van der Waals surface area contributed by atoms with Gasteiger partial charge in [0, 0.05) is 12.4 Å². The first-order valence-electron chi connectivity index (χ1n) is 3.01. The van der Waals surface area contributed by atoms with Crippen LogP contribution in [0.1, 0.15) is 6.92 Å². The summed E-state index contributed by atoms with van der Waals surface area (Å²) in [5.41, 5.74) is 0. The molecule has 0 radical (unpaired) electrons. The Labute approximate surface area is 69.6 Å². The normalized spacial score (nSPS) is 9.70. The van der Waals surface area contributed by atoms with Crippen LogP contribution in [0.15, 0.2) is 18.5 Å². The molecule has 0 aliphatic heterocycles. The molecule has 1 aromatic heterocycles. The highest BCUT2D eigenvalue weighted by Crippen LogP contribution is 2.04. The lowest BCUT2D eigenvalue weighted by molar-refractivity contribution is 0.964. The average Bonchev–Trinajstić information content (AvgIpc) is 2.38. The van der Waals surface area contributed by atoms with Crippen molar-refractivity contribution in [2.75, 3.05) is 5.75 Å². The Morgan fingerprint density at radius 3 is 3.10 bits per heavy atom. The van der Waals surface area contributed by atoms with Crippen molar-refractivity contribution in [3.8, 4) is 0 Å². The maximum Gasteiger partial charge on any atom is 0.161 e. The first-order valence-corrected chi connectivity index (χ1v) is 4.40. The summed E-state index contributed by atoms with van der Waals surface area (Å²) in [5.74, 6) is 0.999. The van der Waals surface area contributed by atoms with Gasteiger partial charge in [0.1, 0.15) is 0 Å². The largest absolute Gasteiger partial charge is 0.224 e. The molecule has 0 unspecified atom stereocenters. The van der Waals surface area contributed by atoms with Gasteiger partial charge < -0.3 is 0 Å². The molecule has 4 heteroatoms. The van der Waals surface area contributed by atoms with Crippen molar-refractivity contribution in [1.82, 2.24) is 9.78 Å². The molecular weight excluding hydrogens is 164 g/mol. The van der Waals surface area contributed by atoms with E-state index in [1.807, 2.05) is 12.3 Å². The van der Waals surface area contributed by atoms with Crippen molar-refractivity contribution >= 4 is 28.3 Å². The van der Waals surface area contributed by atoms with Gasteiger partial charge >= 0.3 is 0 Å². The Morgan fingerprint density at radius 2 is 2.60 bits per heavy atom. The van der Waals surface area contributed by atoms with Crippen LogP contribution in [0.4, 0.5) is 0 Å². The van der Waals surface area contributed by atoms with Crippen LogP contribution in [0.25, 0.3) is 0 Å². The fourth-order valence-electron chi connectivity index (χ4n) is 0.566. The molecule has 1 rings (SSSR count). The third-order valence-corrected chi connectivity index (χ3v) is 2.22. The van der Waals surface area contributed by atoms with E-state index in [1.54, 1.807) is 22.6 Å². The molecule has 0 aliphatic carbocycles. The van der Waals surface area contributed by atoms with Gasteiger partial charge in [-0.05, 0) is 11.8 Å². The molecule has 54 valence electrons. The summed E-state index contributed by atoms with van der Waals surface area (Å²) in [4.78, 5) is 0. The summed E-state index contributed by atoms with van der Waals surface area (Å²) in [6.07, 6.45) is 3.58. The van der Waals surface area contributed by atoms with Crippen LogP contribution in [-0.2, 0) is 0 Å². The van der Waals surface area contributed by atoms with Crippen molar-refractivity contribution in [3.05, 3.63) is 18.5 Å². The molecule has 1 heterocycles. The highest BCUT2D eigenvalue weighted by molar-refractivity contribution is 8.22. The monoisotopic (exact) mass is 172 g/mol. The van der Waals surface area contributed by atoms with E-state index in [9.17, 15) is 0 Å². The van der Waals surface area contributed by atoms with Crippen molar-refractivity contribution < 1.29 is 0 Å². The van der Waals surface area contributed by atoms with Crippen molar-refractivity contribution in [2.24, 2.45) is 0 Å². The van der Waals surface area contributed by atoms with Gasteiger partial charge in [0.15, 0.2) is 4.32 Å². The standard InChI is InChI=1S/C6H8N2S2/c1-2-10-6(9)8-5-3-4-7-8/h3-5H,2H2,1H3. The van der Waals surface area contributed by atoms with Crippen LogP contribution >= 0.6 is 24.0 Å². The van der Waals surface area contributed by atoms with E-state index in [-0.39, 0.29) is 0 Å². The van der Waals surface area contributed by atoms with Crippen LogP contribution in [0.3, 0.4) is 0 Å². The molecular formula is C6H8N2S2. The van der Waals surface area contributed by atoms with E-state index in [2.05, 4.69) is 12.0 Å². The van der Waals surface area contributed by atoms with Gasteiger partial charge in [0.25, 0.3) is 0 Å². The molecule has 0 saturated heterocycles. The number of hydrogen-bond donors (Lipinski definition) is 0. The molecule has 10 heavy (non-hydrogen) atoms. The molecule has 2 nitrogen and oxygen atoms in total. The zero-order valence-corrected chi connectivity index (χ0v) is 7.28. The summed E-state index contributed by atoms with van der Waals surface area (Å²) in [5, 5.41) is 3.99. The highest BCUT2D eigenvalue weighted by Gasteiger charge is 1.96. The molecule has 0 atom stereocenters. The quantitative estimate of drug-likeness (QED) is 0.601. The van der Waals surface area contributed by atoms with Gasteiger partial charge in [-0.25, -0.2) is 4.68 Å². The van der Waals surface area contributed by atoms with E-state index < -0.39 is 0 Å². The maximum atomic E-state index is 5.04. The minimum atomic E-state index is 0.813. The number of nitrogens with zero attached hydrogens (tertiary/aromatic N) is 2. The van der Waals surface area contributed by atoms with E-state index in [0.29, 0.717) is 0 Å². The van der Waals surface area contributed by atoms with Gasteiger partial charge in [-0.1, -0.05) is 30.9 Å². The van der Waals surface area contributed by atoms with E-state index in [0.717, 1.165) is 10.1 Å². The van der Waals surface area contributed by atoms with Crippen molar-refractivity contribution in [1.29, 1.82) is 0 Å². The molecule has 1 aromatic rings. The lowest BCUT2D eigenvalue weighted by Gasteiger charge is -1.98. The summed E-state index contributed by atoms with van der Waals surface area (Å²) in [6.45, 7) is 2.07. The summed E-state index contributed by atoms with van der Waals surface area (Å²) in [7, 11) is 0. The third-order valence-electron chi connectivity index (χ3n) is 0.959. The molecule has 0 fully saturated rings. The number of aromatic nitrogens is 2. The van der Waals surface area contributed by atoms with Crippen LogP contribution in [-0.4, -0.2) is 19.9 Å². The zero-order chi connectivity index (χ0) is 7.40. The Kier molecular flexibility index (Phi) is 2.89. The van der Waals surface area contributed by atoms with Crippen LogP contribution in [0.2, 0.25) is 0 Å². The third kappa shape index (κ3) is 1.82. The summed E-state index contributed by atoms with van der Waals surface area (Å²) < 4.78 is 2.51. The number of thiocarbonyl (C=S) groups is 1. The second-order valence-electron chi connectivity index (χ2n) is 1.65. The Morgan fingerprint density at radius 1 is 1.80 bits per heavy atom.